The second kappa shape index (κ2) is 9.74. The number of nitrogens with two attached hydrogens (primary N) is 4. The van der Waals surface area contributed by atoms with E-state index in [9.17, 15) is 9.59 Å². The number of guanidine groups is 2. The molecule has 0 unspecified atom stereocenters. The molecule has 0 spiro atoms. The molecular formula is C19H23N7O3. The molecule has 2 aromatic carbocycles. The van der Waals surface area contributed by atoms with Gasteiger partial charge in [-0.25, -0.2) is 14.8 Å². The molecule has 1 amide bonds. The summed E-state index contributed by atoms with van der Waals surface area (Å²) in [5, 5.41) is 2.66. The van der Waals surface area contributed by atoms with E-state index >= 15 is 0 Å². The third kappa shape index (κ3) is 6.54. The number of nitrogens with zero attached hydrogens (tertiary/aromatic N) is 2. The minimum Gasteiger partial charge on any atom is -0.467 e. The molecule has 1 atom stereocenters. The number of ether oxygens (including phenoxy) is 1. The number of rotatable bonds is 7. The highest BCUT2D eigenvalue weighted by Gasteiger charge is 2.23. The highest BCUT2D eigenvalue weighted by molar-refractivity contribution is 5.99. The van der Waals surface area contributed by atoms with E-state index in [0.29, 0.717) is 0 Å². The van der Waals surface area contributed by atoms with Crippen molar-refractivity contribution in [1.82, 2.24) is 5.32 Å². The molecular weight excluding hydrogens is 374 g/mol. The van der Waals surface area contributed by atoms with Crippen molar-refractivity contribution in [3.63, 3.8) is 0 Å². The van der Waals surface area contributed by atoms with Crippen molar-refractivity contribution in [1.29, 1.82) is 0 Å². The van der Waals surface area contributed by atoms with E-state index in [4.69, 9.17) is 27.7 Å². The molecule has 0 bridgehead atoms. The number of hydrogen-bond acceptors (Lipinski definition) is 5. The van der Waals surface area contributed by atoms with Crippen molar-refractivity contribution >= 4 is 35.2 Å². The van der Waals surface area contributed by atoms with Gasteiger partial charge >= 0.3 is 5.97 Å². The lowest BCUT2D eigenvalue weighted by Gasteiger charge is -2.17. The molecule has 0 aliphatic heterocycles. The van der Waals surface area contributed by atoms with Crippen LogP contribution in [0.4, 0.5) is 11.4 Å². The number of methoxy groups -OCH3 is 1. The lowest BCUT2D eigenvalue weighted by Crippen LogP contribution is -2.43. The molecule has 0 saturated heterocycles. The van der Waals surface area contributed by atoms with E-state index in [1.54, 1.807) is 0 Å². The molecule has 152 valence electrons. The normalized spacial score (nSPS) is 11.1. The van der Waals surface area contributed by atoms with Crippen molar-refractivity contribution in [2.24, 2.45) is 32.9 Å². The minimum atomic E-state index is -0.895. The second-order valence-corrected chi connectivity index (χ2v) is 6.05. The largest absolute Gasteiger partial charge is 0.467 e. The Bertz CT molecular complexity index is 898. The second-order valence-electron chi connectivity index (χ2n) is 6.05. The maximum absolute atomic E-state index is 12.8. The van der Waals surface area contributed by atoms with Gasteiger partial charge in [0.1, 0.15) is 6.04 Å². The van der Waals surface area contributed by atoms with Crippen LogP contribution in [0.2, 0.25) is 0 Å². The van der Waals surface area contributed by atoms with E-state index in [0.717, 1.165) is 5.56 Å². The Hall–Kier alpha value is -4.08. The van der Waals surface area contributed by atoms with Crippen molar-refractivity contribution < 1.29 is 14.3 Å². The zero-order valence-corrected chi connectivity index (χ0v) is 15.8. The average molecular weight is 397 g/mol. The van der Waals surface area contributed by atoms with Gasteiger partial charge in [-0.1, -0.05) is 30.3 Å². The van der Waals surface area contributed by atoms with Crippen molar-refractivity contribution in [2.75, 3.05) is 7.11 Å². The third-order valence-electron chi connectivity index (χ3n) is 3.75. The summed E-state index contributed by atoms with van der Waals surface area (Å²) < 4.78 is 4.81. The van der Waals surface area contributed by atoms with Crippen LogP contribution in [0, 0.1) is 0 Å². The zero-order chi connectivity index (χ0) is 21.4. The lowest BCUT2D eigenvalue weighted by molar-refractivity contribution is -0.142. The van der Waals surface area contributed by atoms with Crippen LogP contribution >= 0.6 is 0 Å². The van der Waals surface area contributed by atoms with Gasteiger partial charge in [0, 0.05) is 12.0 Å². The molecule has 10 heteroatoms. The predicted octanol–water partition coefficient (Wildman–Crippen LogP) is 0.0105. The van der Waals surface area contributed by atoms with Crippen LogP contribution in [0.1, 0.15) is 15.9 Å². The Kier molecular flexibility index (Phi) is 7.13. The number of carbonyl (C=O) groups excluding carboxylic acids is 2. The molecule has 2 rings (SSSR count). The lowest BCUT2D eigenvalue weighted by atomic mass is 10.1. The van der Waals surface area contributed by atoms with Crippen molar-refractivity contribution in [3.05, 3.63) is 59.7 Å². The van der Waals surface area contributed by atoms with Crippen molar-refractivity contribution in [3.8, 4) is 0 Å². The van der Waals surface area contributed by atoms with E-state index < -0.39 is 17.9 Å². The first-order valence-corrected chi connectivity index (χ1v) is 8.55. The Balaban J connectivity index is 2.33. The highest BCUT2D eigenvalue weighted by Crippen LogP contribution is 2.24. The maximum atomic E-state index is 12.8. The van der Waals surface area contributed by atoms with Crippen LogP contribution in [-0.4, -0.2) is 36.9 Å². The van der Waals surface area contributed by atoms with Gasteiger partial charge in [0.15, 0.2) is 11.9 Å². The molecule has 0 aliphatic carbocycles. The van der Waals surface area contributed by atoms with Gasteiger partial charge in [-0.2, -0.15) is 0 Å². The number of amides is 1. The fraction of sp³-hybridized carbons (Fsp3) is 0.158. The van der Waals surface area contributed by atoms with Gasteiger partial charge in [-0.15, -0.1) is 0 Å². The highest BCUT2D eigenvalue weighted by atomic mass is 16.5. The Morgan fingerprint density at radius 3 is 2.00 bits per heavy atom. The van der Waals surface area contributed by atoms with Gasteiger partial charge in [0.25, 0.3) is 5.91 Å². The number of esters is 1. The van der Waals surface area contributed by atoms with Gasteiger partial charge < -0.3 is 33.0 Å². The standard InChI is InChI=1S/C19H23N7O3/c1-29-17(28)15(7-11-5-3-2-4-6-11)26-16(27)12-8-13(24-18(20)21)10-14(9-12)25-19(22)23/h2-6,8-10,15H,7H2,1H3,(H,26,27)(H4,20,21,24)(H4,22,23,25)/t15-/m0/s1. The van der Waals surface area contributed by atoms with E-state index in [-0.39, 0.29) is 35.3 Å². The smallest absolute Gasteiger partial charge is 0.328 e. The Morgan fingerprint density at radius 2 is 1.52 bits per heavy atom. The van der Waals surface area contributed by atoms with Crippen LogP contribution in [0.15, 0.2) is 58.5 Å². The number of nitrogens with one attached hydrogen (secondary N) is 1. The van der Waals surface area contributed by atoms with Crippen LogP contribution in [0.5, 0.6) is 0 Å². The number of carbonyl (C=O) groups is 2. The molecule has 29 heavy (non-hydrogen) atoms. The monoisotopic (exact) mass is 397 g/mol. The number of hydrogen-bond donors (Lipinski definition) is 5. The summed E-state index contributed by atoms with van der Waals surface area (Å²) in [5.74, 6) is -1.52. The maximum Gasteiger partial charge on any atom is 0.328 e. The van der Waals surface area contributed by atoms with Crippen LogP contribution in [-0.2, 0) is 16.0 Å². The van der Waals surface area contributed by atoms with Crippen LogP contribution < -0.4 is 28.3 Å². The van der Waals surface area contributed by atoms with Gasteiger partial charge in [0.2, 0.25) is 0 Å². The number of aliphatic imine (C=N–C) groups is 2. The summed E-state index contributed by atoms with van der Waals surface area (Å²) >= 11 is 0. The first-order chi connectivity index (χ1) is 13.8. The molecule has 9 N–H and O–H groups in total. The third-order valence-corrected chi connectivity index (χ3v) is 3.75. The zero-order valence-electron chi connectivity index (χ0n) is 15.8. The summed E-state index contributed by atoms with van der Waals surface area (Å²) in [4.78, 5) is 32.8. The van der Waals surface area contributed by atoms with E-state index in [2.05, 4.69) is 15.3 Å². The molecule has 0 heterocycles. The summed E-state index contributed by atoms with van der Waals surface area (Å²) in [7, 11) is 1.25. The molecule has 2 aromatic rings. The Labute approximate surface area is 167 Å². The fourth-order valence-electron chi connectivity index (χ4n) is 2.58. The minimum absolute atomic E-state index is 0.162. The van der Waals surface area contributed by atoms with Crippen LogP contribution in [0.3, 0.4) is 0 Å². The quantitative estimate of drug-likeness (QED) is 0.247. The van der Waals surface area contributed by atoms with Gasteiger partial charge in [-0.3, -0.25) is 4.79 Å². The van der Waals surface area contributed by atoms with Gasteiger partial charge in [-0.05, 0) is 23.8 Å². The fourth-order valence-corrected chi connectivity index (χ4v) is 2.58. The first kappa shape index (κ1) is 21.2. The topological polar surface area (TPSA) is 184 Å². The van der Waals surface area contributed by atoms with Gasteiger partial charge in [0.05, 0.1) is 18.5 Å². The number of benzene rings is 2. The molecule has 10 nitrogen and oxygen atoms in total. The summed E-state index contributed by atoms with van der Waals surface area (Å²) in [6, 6.07) is 12.7. The summed E-state index contributed by atoms with van der Waals surface area (Å²) in [5.41, 5.74) is 23.2. The molecule has 0 aromatic heterocycles. The molecule has 0 aliphatic rings. The van der Waals surface area contributed by atoms with E-state index in [1.165, 1.54) is 25.3 Å². The summed E-state index contributed by atoms with van der Waals surface area (Å²) in [6.07, 6.45) is 0.258. The summed E-state index contributed by atoms with van der Waals surface area (Å²) in [6.45, 7) is 0. The molecule has 0 saturated carbocycles. The predicted molar refractivity (Wildman–Crippen MR) is 111 cm³/mol. The first-order valence-electron chi connectivity index (χ1n) is 8.55. The average Bonchev–Trinajstić information content (AvgIpc) is 2.66. The van der Waals surface area contributed by atoms with Crippen molar-refractivity contribution in [2.45, 2.75) is 12.5 Å². The van der Waals surface area contributed by atoms with Crippen LogP contribution in [0.25, 0.3) is 0 Å². The molecule has 0 fully saturated rings. The van der Waals surface area contributed by atoms with E-state index in [1.807, 2.05) is 30.3 Å². The molecule has 0 radical (unpaired) electrons. The Morgan fingerprint density at radius 1 is 0.966 bits per heavy atom. The SMILES string of the molecule is COC(=O)[C@H](Cc1ccccc1)NC(=O)c1cc(N=C(N)N)cc(N=C(N)N)c1.